The number of hydrogen-bond acceptors (Lipinski definition) is 4. The Kier molecular flexibility index (Phi) is 2.95. The number of aromatic carboxylic acids is 1. The first-order chi connectivity index (χ1) is 8.77. The van der Waals surface area contributed by atoms with Crippen LogP contribution in [0.4, 0.5) is 0 Å². The summed E-state index contributed by atoms with van der Waals surface area (Å²) in [5, 5.41) is 17.7. The molecule has 1 aliphatic heterocycles. The van der Waals surface area contributed by atoms with Crippen molar-refractivity contribution in [2.45, 2.75) is 24.5 Å². The molecule has 1 fully saturated rings. The van der Waals surface area contributed by atoms with E-state index in [1.54, 1.807) is 12.1 Å². The fourth-order valence-electron chi connectivity index (χ4n) is 2.26. The molecule has 6 heteroatoms. The molecule has 0 aromatic carbocycles. The Morgan fingerprint density at radius 3 is 3.06 bits per heavy atom. The molecule has 0 bridgehead atoms. The minimum Gasteiger partial charge on any atom is -0.478 e. The average molecular weight is 263 g/mol. The number of pyridine rings is 1. The normalized spacial score (nSPS) is 20.1. The lowest BCUT2D eigenvalue weighted by molar-refractivity contribution is 0.0698. The van der Waals surface area contributed by atoms with Crippen molar-refractivity contribution in [2.24, 2.45) is 0 Å². The summed E-state index contributed by atoms with van der Waals surface area (Å²) in [5.74, 6) is 1.05. The van der Waals surface area contributed by atoms with E-state index < -0.39 is 5.97 Å². The zero-order valence-electron chi connectivity index (χ0n) is 9.74. The van der Waals surface area contributed by atoms with Crippen molar-refractivity contribution in [1.82, 2.24) is 14.6 Å². The van der Waals surface area contributed by atoms with Crippen LogP contribution in [0.5, 0.6) is 0 Å². The van der Waals surface area contributed by atoms with Gasteiger partial charge in [0.1, 0.15) is 5.56 Å². The third-order valence-electron chi connectivity index (χ3n) is 3.16. The van der Waals surface area contributed by atoms with E-state index in [4.69, 9.17) is 5.11 Å². The van der Waals surface area contributed by atoms with E-state index in [0.717, 1.165) is 18.0 Å². The summed E-state index contributed by atoms with van der Waals surface area (Å²) in [7, 11) is 0. The number of carboxylic acid groups (broad SMARTS) is 1. The number of aromatic nitrogens is 3. The van der Waals surface area contributed by atoms with Gasteiger partial charge in [0.25, 0.3) is 0 Å². The second-order valence-electron chi connectivity index (χ2n) is 4.33. The zero-order chi connectivity index (χ0) is 12.5. The minimum atomic E-state index is -0.962. The van der Waals surface area contributed by atoms with Crippen molar-refractivity contribution in [3.05, 3.63) is 29.7 Å². The second kappa shape index (κ2) is 4.61. The fourth-order valence-corrected chi connectivity index (χ4v) is 3.56. The number of carbonyl (C=O) groups is 1. The van der Waals surface area contributed by atoms with Crippen LogP contribution in [-0.4, -0.2) is 31.4 Å². The molecular formula is C12H13N3O2S. The lowest BCUT2D eigenvalue weighted by Crippen LogP contribution is -2.07. The van der Waals surface area contributed by atoms with Gasteiger partial charge in [0, 0.05) is 6.20 Å². The Morgan fingerprint density at radius 2 is 2.33 bits per heavy atom. The van der Waals surface area contributed by atoms with E-state index in [9.17, 15) is 4.79 Å². The maximum absolute atomic E-state index is 11.1. The van der Waals surface area contributed by atoms with Crippen LogP contribution in [-0.2, 0) is 0 Å². The van der Waals surface area contributed by atoms with E-state index >= 15 is 0 Å². The predicted octanol–water partition coefficient (Wildman–Crippen LogP) is 2.39. The molecule has 94 valence electrons. The van der Waals surface area contributed by atoms with Gasteiger partial charge in [0.2, 0.25) is 0 Å². The lowest BCUT2D eigenvalue weighted by atomic mass is 10.2. The molecule has 1 atom stereocenters. The topological polar surface area (TPSA) is 67.5 Å². The van der Waals surface area contributed by atoms with E-state index in [0.29, 0.717) is 10.9 Å². The molecule has 0 amide bonds. The Hall–Kier alpha value is -1.56. The van der Waals surface area contributed by atoms with Crippen LogP contribution in [0.2, 0.25) is 0 Å². The SMILES string of the molecule is O=C(O)c1cccn2c(C3CCCCS3)nnc12. The number of nitrogens with zero attached hydrogens (tertiary/aromatic N) is 3. The van der Waals surface area contributed by atoms with Crippen LogP contribution < -0.4 is 0 Å². The molecule has 0 spiro atoms. The Bertz CT molecular complexity index is 590. The van der Waals surface area contributed by atoms with Crippen molar-refractivity contribution in [3.8, 4) is 0 Å². The molecule has 1 unspecified atom stereocenters. The molecule has 2 aromatic heterocycles. The zero-order valence-corrected chi connectivity index (χ0v) is 10.6. The van der Waals surface area contributed by atoms with Crippen molar-refractivity contribution < 1.29 is 9.90 Å². The molecule has 5 nitrogen and oxygen atoms in total. The van der Waals surface area contributed by atoms with Crippen LogP contribution in [0.25, 0.3) is 5.65 Å². The molecule has 0 radical (unpaired) electrons. The van der Waals surface area contributed by atoms with Crippen LogP contribution >= 0.6 is 11.8 Å². The predicted molar refractivity (Wildman–Crippen MR) is 69.0 cm³/mol. The molecule has 18 heavy (non-hydrogen) atoms. The summed E-state index contributed by atoms with van der Waals surface area (Å²) in [6.07, 6.45) is 5.37. The monoisotopic (exact) mass is 263 g/mol. The largest absolute Gasteiger partial charge is 0.478 e. The summed E-state index contributed by atoms with van der Waals surface area (Å²) in [6, 6.07) is 3.29. The van der Waals surface area contributed by atoms with E-state index in [-0.39, 0.29) is 5.56 Å². The molecule has 1 aliphatic rings. The van der Waals surface area contributed by atoms with Crippen LogP contribution in [0.15, 0.2) is 18.3 Å². The minimum absolute atomic E-state index is 0.206. The third kappa shape index (κ3) is 1.86. The molecule has 0 saturated carbocycles. The van der Waals surface area contributed by atoms with Gasteiger partial charge in [-0.25, -0.2) is 4.79 Å². The van der Waals surface area contributed by atoms with Crippen molar-refractivity contribution in [2.75, 3.05) is 5.75 Å². The van der Waals surface area contributed by atoms with Gasteiger partial charge in [-0.3, -0.25) is 4.40 Å². The average Bonchev–Trinajstić information content (AvgIpc) is 2.83. The molecule has 3 heterocycles. The maximum atomic E-state index is 11.1. The summed E-state index contributed by atoms with van der Waals surface area (Å²) in [6.45, 7) is 0. The summed E-state index contributed by atoms with van der Waals surface area (Å²) >= 11 is 1.88. The number of rotatable bonds is 2. The van der Waals surface area contributed by atoms with Gasteiger partial charge < -0.3 is 5.11 Å². The van der Waals surface area contributed by atoms with Crippen LogP contribution in [0.1, 0.15) is 40.7 Å². The molecule has 1 saturated heterocycles. The van der Waals surface area contributed by atoms with Gasteiger partial charge in [-0.05, 0) is 30.7 Å². The Morgan fingerprint density at radius 1 is 1.44 bits per heavy atom. The highest BCUT2D eigenvalue weighted by atomic mass is 32.2. The third-order valence-corrected chi connectivity index (χ3v) is 4.53. The van der Waals surface area contributed by atoms with Gasteiger partial charge in [-0.1, -0.05) is 6.42 Å². The Labute approximate surface area is 108 Å². The standard InChI is InChI=1S/C12H13N3O2S/c16-12(17)8-4-3-6-15-10(8)13-14-11(15)9-5-1-2-7-18-9/h3-4,6,9H,1-2,5,7H2,(H,16,17). The van der Waals surface area contributed by atoms with Gasteiger partial charge in [-0.15, -0.1) is 10.2 Å². The highest BCUT2D eigenvalue weighted by Crippen LogP contribution is 2.37. The van der Waals surface area contributed by atoms with Crippen molar-refractivity contribution in [1.29, 1.82) is 0 Å². The highest BCUT2D eigenvalue weighted by Gasteiger charge is 2.22. The Balaban J connectivity index is 2.08. The van der Waals surface area contributed by atoms with Gasteiger partial charge in [-0.2, -0.15) is 11.8 Å². The molecule has 1 N–H and O–H groups in total. The van der Waals surface area contributed by atoms with Crippen LogP contribution in [0.3, 0.4) is 0 Å². The molecular weight excluding hydrogens is 250 g/mol. The first kappa shape index (κ1) is 11.5. The number of fused-ring (bicyclic) bond motifs is 1. The lowest BCUT2D eigenvalue weighted by Gasteiger charge is -2.19. The smallest absolute Gasteiger partial charge is 0.339 e. The van der Waals surface area contributed by atoms with Crippen LogP contribution in [0, 0.1) is 0 Å². The molecule has 3 rings (SSSR count). The van der Waals surface area contributed by atoms with E-state index in [1.807, 2.05) is 22.4 Å². The number of hydrogen-bond donors (Lipinski definition) is 1. The van der Waals surface area contributed by atoms with Crippen molar-refractivity contribution in [3.63, 3.8) is 0 Å². The first-order valence-corrected chi connectivity index (χ1v) is 7.01. The van der Waals surface area contributed by atoms with E-state index in [1.165, 1.54) is 12.8 Å². The van der Waals surface area contributed by atoms with Crippen molar-refractivity contribution >= 4 is 23.4 Å². The summed E-state index contributed by atoms with van der Waals surface area (Å²) < 4.78 is 1.81. The summed E-state index contributed by atoms with van der Waals surface area (Å²) in [5.41, 5.74) is 0.642. The van der Waals surface area contributed by atoms with Gasteiger partial charge in [0.15, 0.2) is 11.5 Å². The first-order valence-electron chi connectivity index (χ1n) is 5.96. The highest BCUT2D eigenvalue weighted by molar-refractivity contribution is 7.99. The van der Waals surface area contributed by atoms with Gasteiger partial charge >= 0.3 is 5.97 Å². The molecule has 0 aliphatic carbocycles. The second-order valence-corrected chi connectivity index (χ2v) is 5.64. The number of carboxylic acids is 1. The molecule has 2 aromatic rings. The maximum Gasteiger partial charge on any atom is 0.339 e. The fraction of sp³-hybridized carbons (Fsp3) is 0.417. The van der Waals surface area contributed by atoms with E-state index in [2.05, 4.69) is 10.2 Å². The number of thioether (sulfide) groups is 1. The van der Waals surface area contributed by atoms with Gasteiger partial charge in [0.05, 0.1) is 5.25 Å². The summed E-state index contributed by atoms with van der Waals surface area (Å²) in [4.78, 5) is 11.1. The quantitative estimate of drug-likeness (QED) is 0.901.